The number of benzene rings is 2. The Balaban J connectivity index is 2.21. The van der Waals surface area contributed by atoms with Gasteiger partial charge in [-0.05, 0) is 64.9 Å². The lowest BCUT2D eigenvalue weighted by Gasteiger charge is -2.09. The highest BCUT2D eigenvalue weighted by Crippen LogP contribution is 2.18. The molecule has 20 heavy (non-hydrogen) atoms. The van der Waals surface area contributed by atoms with Crippen molar-refractivity contribution in [3.8, 4) is 0 Å². The molecule has 0 saturated heterocycles. The zero-order valence-electron chi connectivity index (χ0n) is 10.6. The lowest BCUT2D eigenvalue weighted by Crippen LogP contribution is -2.13. The van der Waals surface area contributed by atoms with E-state index in [1.807, 2.05) is 6.07 Å². The molecule has 0 spiro atoms. The molecule has 0 aromatic heterocycles. The van der Waals surface area contributed by atoms with Crippen molar-refractivity contribution in [1.82, 2.24) is 0 Å². The number of aliphatic hydroxyl groups is 1. The number of anilines is 1. The van der Waals surface area contributed by atoms with Gasteiger partial charge in [0.05, 0.1) is 4.90 Å². The zero-order chi connectivity index (χ0) is 14.6. The van der Waals surface area contributed by atoms with Crippen LogP contribution in [0.25, 0.3) is 0 Å². The van der Waals surface area contributed by atoms with E-state index in [4.69, 9.17) is 5.11 Å². The highest BCUT2D eigenvalue weighted by molar-refractivity contribution is 14.1. The number of rotatable bonds is 5. The van der Waals surface area contributed by atoms with Crippen molar-refractivity contribution in [2.45, 2.75) is 11.3 Å². The van der Waals surface area contributed by atoms with E-state index in [0.29, 0.717) is 12.1 Å². The molecule has 0 radical (unpaired) electrons. The zero-order valence-corrected chi connectivity index (χ0v) is 13.6. The number of hydrogen-bond donors (Lipinski definition) is 2. The normalized spacial score (nSPS) is 11.3. The van der Waals surface area contributed by atoms with Crippen molar-refractivity contribution >= 4 is 38.3 Å². The molecule has 0 saturated carbocycles. The number of sulfonamides is 1. The third kappa shape index (κ3) is 3.94. The van der Waals surface area contributed by atoms with Gasteiger partial charge >= 0.3 is 0 Å². The molecular weight excluding hydrogens is 389 g/mol. The Bertz CT molecular complexity index is 684. The average Bonchev–Trinajstić information content (AvgIpc) is 2.39. The molecule has 0 unspecified atom stereocenters. The minimum absolute atomic E-state index is 0.0484. The van der Waals surface area contributed by atoms with Crippen molar-refractivity contribution in [3.05, 3.63) is 57.7 Å². The fourth-order valence-electron chi connectivity index (χ4n) is 1.73. The topological polar surface area (TPSA) is 66.4 Å². The van der Waals surface area contributed by atoms with Crippen LogP contribution >= 0.6 is 22.6 Å². The fraction of sp³-hybridized carbons (Fsp3) is 0.143. The van der Waals surface area contributed by atoms with Crippen LogP contribution in [0, 0.1) is 3.57 Å². The summed E-state index contributed by atoms with van der Waals surface area (Å²) in [6.07, 6.45) is 0.518. The molecule has 0 bridgehead atoms. The Kier molecular flexibility index (Phi) is 5.00. The van der Waals surface area contributed by atoms with Crippen LogP contribution in [0.1, 0.15) is 5.56 Å². The van der Waals surface area contributed by atoms with Gasteiger partial charge in [0.2, 0.25) is 0 Å². The van der Waals surface area contributed by atoms with E-state index in [0.717, 1.165) is 9.13 Å². The number of hydrogen-bond acceptors (Lipinski definition) is 3. The Labute approximate surface area is 132 Å². The van der Waals surface area contributed by atoms with Gasteiger partial charge in [0.1, 0.15) is 0 Å². The van der Waals surface area contributed by atoms with Crippen LogP contribution in [0.15, 0.2) is 53.4 Å². The van der Waals surface area contributed by atoms with Gasteiger partial charge in [-0.2, -0.15) is 0 Å². The maximum atomic E-state index is 12.2. The van der Waals surface area contributed by atoms with Gasteiger partial charge in [0.15, 0.2) is 0 Å². The average molecular weight is 403 g/mol. The second-order valence-electron chi connectivity index (χ2n) is 4.23. The second-order valence-corrected chi connectivity index (χ2v) is 7.16. The minimum Gasteiger partial charge on any atom is -0.396 e. The van der Waals surface area contributed by atoms with Gasteiger partial charge in [0.25, 0.3) is 10.0 Å². The molecule has 0 aliphatic rings. The summed E-state index contributed by atoms with van der Waals surface area (Å²) in [4.78, 5) is 0.207. The molecule has 6 heteroatoms. The number of aliphatic hydroxyl groups excluding tert-OH is 1. The molecule has 2 aromatic rings. The van der Waals surface area contributed by atoms with E-state index < -0.39 is 10.0 Å². The van der Waals surface area contributed by atoms with Crippen molar-refractivity contribution in [2.75, 3.05) is 11.3 Å². The molecule has 2 rings (SSSR count). The quantitative estimate of drug-likeness (QED) is 0.755. The van der Waals surface area contributed by atoms with Crippen molar-refractivity contribution < 1.29 is 13.5 Å². The Morgan fingerprint density at radius 2 is 1.80 bits per heavy atom. The molecule has 0 fully saturated rings. The molecule has 0 heterocycles. The summed E-state index contributed by atoms with van der Waals surface area (Å²) in [7, 11) is -3.58. The van der Waals surface area contributed by atoms with E-state index >= 15 is 0 Å². The largest absolute Gasteiger partial charge is 0.396 e. The van der Waals surface area contributed by atoms with Gasteiger partial charge in [0, 0.05) is 15.9 Å². The van der Waals surface area contributed by atoms with Gasteiger partial charge in [-0.25, -0.2) is 8.42 Å². The highest BCUT2D eigenvalue weighted by Gasteiger charge is 2.13. The molecule has 0 amide bonds. The summed E-state index contributed by atoms with van der Waals surface area (Å²) in [6.45, 7) is 0.0484. The number of nitrogens with one attached hydrogen (secondary N) is 1. The molecule has 0 atom stereocenters. The summed E-state index contributed by atoms with van der Waals surface area (Å²) in [6, 6.07) is 13.7. The second kappa shape index (κ2) is 6.55. The molecule has 2 N–H and O–H groups in total. The van der Waals surface area contributed by atoms with Crippen LogP contribution in [0.2, 0.25) is 0 Å². The monoisotopic (exact) mass is 403 g/mol. The van der Waals surface area contributed by atoms with E-state index in [9.17, 15) is 8.42 Å². The molecule has 106 valence electrons. The van der Waals surface area contributed by atoms with Crippen LogP contribution < -0.4 is 4.72 Å². The summed E-state index contributed by atoms with van der Waals surface area (Å²) in [5.41, 5.74) is 1.44. The van der Waals surface area contributed by atoms with E-state index in [2.05, 4.69) is 27.3 Å². The predicted molar refractivity (Wildman–Crippen MR) is 87.2 cm³/mol. The molecule has 4 nitrogen and oxygen atoms in total. The van der Waals surface area contributed by atoms with Gasteiger partial charge in [-0.15, -0.1) is 0 Å². The minimum atomic E-state index is -3.58. The van der Waals surface area contributed by atoms with Crippen molar-refractivity contribution in [2.24, 2.45) is 0 Å². The third-order valence-electron chi connectivity index (χ3n) is 2.71. The van der Waals surface area contributed by atoms with E-state index in [1.54, 1.807) is 42.5 Å². The standard InChI is InChI=1S/C14H14INO3S/c15-12-2-1-3-13(10-12)16-20(18,19)14-6-4-11(5-7-14)8-9-17/h1-7,10,16-17H,8-9H2. The van der Waals surface area contributed by atoms with Crippen LogP contribution in [-0.2, 0) is 16.4 Å². The third-order valence-corrected chi connectivity index (χ3v) is 4.78. The maximum absolute atomic E-state index is 12.2. The van der Waals surface area contributed by atoms with Crippen LogP contribution in [0.5, 0.6) is 0 Å². The number of halogens is 1. The van der Waals surface area contributed by atoms with Crippen molar-refractivity contribution in [1.29, 1.82) is 0 Å². The van der Waals surface area contributed by atoms with Gasteiger partial charge < -0.3 is 5.11 Å². The first-order valence-electron chi connectivity index (χ1n) is 5.99. The smallest absolute Gasteiger partial charge is 0.261 e. The van der Waals surface area contributed by atoms with Crippen LogP contribution in [-0.4, -0.2) is 20.1 Å². The van der Waals surface area contributed by atoms with Crippen LogP contribution in [0.4, 0.5) is 5.69 Å². The first-order chi connectivity index (χ1) is 9.51. The molecule has 2 aromatic carbocycles. The lowest BCUT2D eigenvalue weighted by molar-refractivity contribution is 0.299. The van der Waals surface area contributed by atoms with E-state index in [-0.39, 0.29) is 11.5 Å². The first kappa shape index (κ1) is 15.3. The van der Waals surface area contributed by atoms with E-state index in [1.165, 1.54) is 0 Å². The summed E-state index contributed by atoms with van der Waals surface area (Å²) in [5, 5.41) is 8.84. The molecule has 0 aliphatic heterocycles. The van der Waals surface area contributed by atoms with Crippen molar-refractivity contribution in [3.63, 3.8) is 0 Å². The SMILES string of the molecule is O=S(=O)(Nc1cccc(I)c1)c1ccc(CCO)cc1. The van der Waals surface area contributed by atoms with Gasteiger partial charge in [-0.1, -0.05) is 18.2 Å². The molecule has 0 aliphatic carbocycles. The molecular formula is C14H14INO3S. The summed E-state index contributed by atoms with van der Waals surface area (Å²) >= 11 is 2.13. The fourth-order valence-corrected chi connectivity index (χ4v) is 3.32. The predicted octanol–water partition coefficient (Wildman–Crippen LogP) is 2.63. The maximum Gasteiger partial charge on any atom is 0.261 e. The van der Waals surface area contributed by atoms with Gasteiger partial charge in [-0.3, -0.25) is 4.72 Å². The summed E-state index contributed by atoms with van der Waals surface area (Å²) in [5.74, 6) is 0. The van der Waals surface area contributed by atoms with Crippen LogP contribution in [0.3, 0.4) is 0 Å². The lowest BCUT2D eigenvalue weighted by atomic mass is 10.2. The Hall–Kier alpha value is -1.12. The summed E-state index contributed by atoms with van der Waals surface area (Å²) < 4.78 is 27.9. The first-order valence-corrected chi connectivity index (χ1v) is 8.55. The highest BCUT2D eigenvalue weighted by atomic mass is 127. The Morgan fingerprint density at radius 3 is 2.40 bits per heavy atom. The Morgan fingerprint density at radius 1 is 1.10 bits per heavy atom.